The number of rotatable bonds is 5. The number of aromatic amines is 1. The highest BCUT2D eigenvalue weighted by Crippen LogP contribution is 2.22. The fraction of sp³-hybridized carbons (Fsp3) is 0.333. The van der Waals surface area contributed by atoms with Crippen molar-refractivity contribution >= 4 is 11.8 Å². The van der Waals surface area contributed by atoms with Crippen LogP contribution in [0.3, 0.4) is 0 Å². The molecular formula is C18H20N2O5. The summed E-state index contributed by atoms with van der Waals surface area (Å²) in [6.07, 6.45) is 1.20. The number of ketones is 1. The lowest BCUT2D eigenvalue weighted by molar-refractivity contribution is -0.143. The first-order valence-corrected chi connectivity index (χ1v) is 7.76. The van der Waals surface area contributed by atoms with Crippen molar-refractivity contribution < 1.29 is 14.3 Å². The summed E-state index contributed by atoms with van der Waals surface area (Å²) in [6, 6.07) is 3.05. The SMILES string of the molecule is Cc1cc(C)c(C(=O)COC(=O)Cn2ccc(=O)[nH]c2=O)c(C)c1C. The highest BCUT2D eigenvalue weighted by Gasteiger charge is 2.17. The van der Waals surface area contributed by atoms with Crippen LogP contribution in [0, 0.1) is 27.7 Å². The van der Waals surface area contributed by atoms with Gasteiger partial charge in [-0.3, -0.25) is 23.9 Å². The molecule has 0 saturated heterocycles. The second kappa shape index (κ2) is 7.29. The van der Waals surface area contributed by atoms with Crippen molar-refractivity contribution in [1.82, 2.24) is 9.55 Å². The van der Waals surface area contributed by atoms with Gasteiger partial charge in [-0.15, -0.1) is 0 Å². The summed E-state index contributed by atoms with van der Waals surface area (Å²) in [5, 5.41) is 0. The number of Topliss-reactive ketones (excluding diaryl/α,β-unsaturated/α-hetero) is 1. The van der Waals surface area contributed by atoms with Crippen LogP contribution in [0.4, 0.5) is 0 Å². The van der Waals surface area contributed by atoms with Gasteiger partial charge in [-0.1, -0.05) is 6.07 Å². The van der Waals surface area contributed by atoms with Crippen LogP contribution >= 0.6 is 0 Å². The minimum absolute atomic E-state index is 0.291. The van der Waals surface area contributed by atoms with Crippen LogP contribution in [0.1, 0.15) is 32.6 Å². The molecule has 0 aliphatic rings. The maximum Gasteiger partial charge on any atom is 0.328 e. The Bertz CT molecular complexity index is 953. The van der Waals surface area contributed by atoms with Crippen LogP contribution < -0.4 is 11.2 Å². The lowest BCUT2D eigenvalue weighted by Crippen LogP contribution is -2.31. The maximum atomic E-state index is 12.4. The Balaban J connectivity index is 2.07. The normalized spacial score (nSPS) is 10.6. The van der Waals surface area contributed by atoms with E-state index in [1.807, 2.05) is 38.7 Å². The summed E-state index contributed by atoms with van der Waals surface area (Å²) in [5.41, 5.74) is 3.12. The topological polar surface area (TPSA) is 98.2 Å². The van der Waals surface area contributed by atoms with E-state index in [2.05, 4.69) is 0 Å². The van der Waals surface area contributed by atoms with Gasteiger partial charge in [0.2, 0.25) is 5.78 Å². The molecule has 1 N–H and O–H groups in total. The number of benzene rings is 1. The first kappa shape index (κ1) is 18.4. The highest BCUT2D eigenvalue weighted by molar-refractivity contribution is 6.00. The van der Waals surface area contributed by atoms with Crippen LogP contribution in [-0.4, -0.2) is 27.9 Å². The average Bonchev–Trinajstić information content (AvgIpc) is 2.53. The number of aromatic nitrogens is 2. The van der Waals surface area contributed by atoms with E-state index in [-0.39, 0.29) is 12.3 Å². The minimum atomic E-state index is -0.735. The fourth-order valence-corrected chi connectivity index (χ4v) is 2.68. The predicted molar refractivity (Wildman–Crippen MR) is 92.0 cm³/mol. The van der Waals surface area contributed by atoms with E-state index >= 15 is 0 Å². The zero-order valence-electron chi connectivity index (χ0n) is 14.6. The molecule has 2 rings (SSSR count). The number of ether oxygens (including phenoxy) is 1. The van der Waals surface area contributed by atoms with Gasteiger partial charge in [-0.2, -0.15) is 0 Å². The summed E-state index contributed by atoms with van der Waals surface area (Å²) in [5.74, 6) is -1.03. The third-order valence-corrected chi connectivity index (χ3v) is 4.20. The lowest BCUT2D eigenvalue weighted by atomic mass is 9.92. The summed E-state index contributed by atoms with van der Waals surface area (Å²) in [4.78, 5) is 48.8. The van der Waals surface area contributed by atoms with E-state index in [9.17, 15) is 19.2 Å². The second-order valence-corrected chi connectivity index (χ2v) is 5.96. The molecule has 0 spiro atoms. The number of nitrogens with zero attached hydrogens (tertiary/aromatic N) is 1. The Morgan fingerprint density at radius 1 is 1.08 bits per heavy atom. The smallest absolute Gasteiger partial charge is 0.328 e. The number of hydrogen-bond acceptors (Lipinski definition) is 5. The number of H-pyrrole nitrogens is 1. The van der Waals surface area contributed by atoms with E-state index in [1.54, 1.807) is 0 Å². The van der Waals surface area contributed by atoms with Gasteiger partial charge >= 0.3 is 11.7 Å². The molecule has 0 aliphatic heterocycles. The number of esters is 1. The second-order valence-electron chi connectivity index (χ2n) is 5.96. The van der Waals surface area contributed by atoms with Crippen LogP contribution in [-0.2, 0) is 16.1 Å². The van der Waals surface area contributed by atoms with E-state index in [1.165, 1.54) is 6.20 Å². The van der Waals surface area contributed by atoms with Crippen molar-refractivity contribution in [1.29, 1.82) is 0 Å². The van der Waals surface area contributed by atoms with E-state index in [4.69, 9.17) is 4.74 Å². The Hall–Kier alpha value is -2.96. The van der Waals surface area contributed by atoms with Crippen LogP contribution in [0.25, 0.3) is 0 Å². The van der Waals surface area contributed by atoms with Crippen molar-refractivity contribution in [3.05, 3.63) is 67.0 Å². The molecule has 25 heavy (non-hydrogen) atoms. The zero-order valence-corrected chi connectivity index (χ0v) is 14.6. The molecular weight excluding hydrogens is 324 g/mol. The van der Waals surface area contributed by atoms with Gasteiger partial charge in [-0.05, 0) is 49.9 Å². The van der Waals surface area contributed by atoms with Gasteiger partial charge in [0.1, 0.15) is 6.54 Å². The van der Waals surface area contributed by atoms with Crippen molar-refractivity contribution in [3.63, 3.8) is 0 Å². The third-order valence-electron chi connectivity index (χ3n) is 4.20. The van der Waals surface area contributed by atoms with Crippen molar-refractivity contribution in [2.75, 3.05) is 6.61 Å². The molecule has 132 valence electrons. The molecule has 0 amide bonds. The first-order valence-electron chi connectivity index (χ1n) is 7.76. The van der Waals surface area contributed by atoms with Gasteiger partial charge in [0.25, 0.3) is 5.56 Å². The molecule has 0 saturated carbocycles. The monoisotopic (exact) mass is 344 g/mol. The molecule has 0 bridgehead atoms. The van der Waals surface area contributed by atoms with Crippen LogP contribution in [0.5, 0.6) is 0 Å². The Labute approximate surface area is 144 Å². The number of hydrogen-bond donors (Lipinski definition) is 1. The van der Waals surface area contributed by atoms with E-state index in [0.29, 0.717) is 5.56 Å². The van der Waals surface area contributed by atoms with Crippen molar-refractivity contribution in [3.8, 4) is 0 Å². The largest absolute Gasteiger partial charge is 0.456 e. The Morgan fingerprint density at radius 2 is 1.76 bits per heavy atom. The number of carbonyl (C=O) groups excluding carboxylic acids is 2. The van der Waals surface area contributed by atoms with Crippen molar-refractivity contribution in [2.45, 2.75) is 34.2 Å². The molecule has 0 aliphatic carbocycles. The average molecular weight is 344 g/mol. The van der Waals surface area contributed by atoms with Gasteiger partial charge in [0, 0.05) is 17.8 Å². The minimum Gasteiger partial charge on any atom is -0.456 e. The van der Waals surface area contributed by atoms with Crippen LogP contribution in [0.15, 0.2) is 27.9 Å². The summed E-state index contributed by atoms with van der Waals surface area (Å²) in [6.45, 7) is 6.84. The zero-order chi connectivity index (χ0) is 18.7. The number of carbonyl (C=O) groups is 2. The lowest BCUT2D eigenvalue weighted by Gasteiger charge is -2.14. The molecule has 1 heterocycles. The van der Waals surface area contributed by atoms with Gasteiger partial charge in [-0.25, -0.2) is 4.79 Å². The molecule has 2 aromatic rings. The summed E-state index contributed by atoms with van der Waals surface area (Å²) >= 11 is 0. The predicted octanol–water partition coefficient (Wildman–Crippen LogP) is 1.20. The molecule has 1 aromatic heterocycles. The van der Waals surface area contributed by atoms with Crippen molar-refractivity contribution in [2.24, 2.45) is 0 Å². The number of nitrogens with one attached hydrogen (secondary N) is 1. The van der Waals surface area contributed by atoms with Gasteiger partial charge in [0.15, 0.2) is 6.61 Å². The summed E-state index contributed by atoms with van der Waals surface area (Å²) in [7, 11) is 0. The molecule has 0 atom stereocenters. The Kier molecular flexibility index (Phi) is 5.36. The molecule has 7 nitrogen and oxygen atoms in total. The first-order chi connectivity index (χ1) is 11.7. The Morgan fingerprint density at radius 3 is 2.40 bits per heavy atom. The molecule has 1 aromatic carbocycles. The maximum absolute atomic E-state index is 12.4. The van der Waals surface area contributed by atoms with E-state index < -0.39 is 23.8 Å². The summed E-state index contributed by atoms with van der Waals surface area (Å²) < 4.78 is 5.99. The quantitative estimate of drug-likeness (QED) is 0.649. The molecule has 7 heteroatoms. The molecule has 0 radical (unpaired) electrons. The third kappa shape index (κ3) is 4.12. The van der Waals surface area contributed by atoms with Gasteiger partial charge in [0.05, 0.1) is 0 Å². The van der Waals surface area contributed by atoms with Gasteiger partial charge < -0.3 is 4.74 Å². The van der Waals surface area contributed by atoms with E-state index in [0.717, 1.165) is 32.9 Å². The molecule has 0 unspecified atom stereocenters. The molecule has 0 fully saturated rings. The fourth-order valence-electron chi connectivity index (χ4n) is 2.68. The standard InChI is InChI=1S/C18H20N2O5/c1-10-7-11(2)17(13(4)12(10)3)14(21)9-25-16(23)8-20-6-5-15(22)19-18(20)24/h5-7H,8-9H2,1-4H3,(H,19,22,24). The number of aryl methyl sites for hydroxylation is 2. The highest BCUT2D eigenvalue weighted by atomic mass is 16.5. The van der Waals surface area contributed by atoms with Crippen LogP contribution in [0.2, 0.25) is 0 Å².